The van der Waals surface area contributed by atoms with Crippen molar-refractivity contribution in [2.45, 2.75) is 77.6 Å². The summed E-state index contributed by atoms with van der Waals surface area (Å²) >= 11 is 0. The standard InChI is InChI=1S/C25H22N2O.C24H22N2O.C23H20N2O.C20H14N2O/c1-27(19-14-12-17(16-26)13-15-19)23-11-5-10-22-21-9-4-8-20(18-6-2-3-7-18)24(21)28-25(22)23;1-24(2,3)20-9-5-7-18-19-8-6-10-21(23(19)27-22(18)20)26(4)17-13-11-16(15-25)12-14-17;1-15(2)18-6-4-7-19-20-8-5-9-21(23(20)26-22(18)19)25(3)17-12-10-16(14-24)11-13-17;1-22(15-11-9-14(13-21)10-12-15)18-7-4-6-17-16-5-2-3-8-19(16)23-20(17)18/h4-5,8-15,18H,2-3,6-7H2,1H3;5-14H,1-4H3;4-13,15H,1-3H3;2-12H,1H3. The van der Waals surface area contributed by atoms with E-state index in [2.05, 4.69) is 200 Å². The van der Waals surface area contributed by atoms with Crippen molar-refractivity contribution < 1.29 is 17.7 Å². The quantitative estimate of drug-likeness (QED) is 0.128. The number of hydrogen-bond acceptors (Lipinski definition) is 12. The van der Waals surface area contributed by atoms with Crippen molar-refractivity contribution >= 4 is 133 Å². The monoisotopic (exact) mass is 1360 g/mol. The Hall–Kier alpha value is -13.0. The third-order valence-corrected chi connectivity index (χ3v) is 20.2. The maximum atomic E-state index is 9.04. The van der Waals surface area contributed by atoms with E-state index < -0.39 is 0 Å². The van der Waals surface area contributed by atoms with Crippen LogP contribution in [0.5, 0.6) is 0 Å². The molecule has 1 aliphatic rings. The Morgan fingerprint density at radius 3 is 1.03 bits per heavy atom. The average Bonchev–Trinajstić information content (AvgIpc) is 1.64. The van der Waals surface area contributed by atoms with Gasteiger partial charge in [-0.05, 0) is 169 Å². The molecule has 0 atom stereocenters. The van der Waals surface area contributed by atoms with E-state index in [0.717, 1.165) is 128 Å². The maximum absolute atomic E-state index is 9.04. The van der Waals surface area contributed by atoms with Crippen molar-refractivity contribution in [1.29, 1.82) is 21.0 Å². The van der Waals surface area contributed by atoms with Gasteiger partial charge in [-0.25, -0.2) is 0 Å². The Morgan fingerprint density at radius 2 is 0.635 bits per heavy atom. The average molecular weight is 1360 g/mol. The van der Waals surface area contributed by atoms with Crippen LogP contribution in [0, 0.1) is 45.3 Å². The van der Waals surface area contributed by atoms with Crippen molar-refractivity contribution in [2.75, 3.05) is 47.8 Å². The maximum Gasteiger partial charge on any atom is 0.159 e. The molecule has 17 rings (SSSR count). The normalized spacial score (nSPS) is 12.1. The number of hydrogen-bond donors (Lipinski definition) is 0. The Kier molecular flexibility index (Phi) is 19.0. The molecule has 4 aromatic heterocycles. The van der Waals surface area contributed by atoms with Gasteiger partial charge < -0.3 is 37.3 Å². The summed E-state index contributed by atoms with van der Waals surface area (Å²) in [4.78, 5) is 8.40. The van der Waals surface area contributed by atoms with Crippen LogP contribution in [-0.4, -0.2) is 28.2 Å². The van der Waals surface area contributed by atoms with E-state index in [0.29, 0.717) is 34.1 Å². The molecule has 0 bridgehead atoms. The molecule has 12 nitrogen and oxygen atoms in total. The molecule has 0 spiro atoms. The number of rotatable bonds is 10. The third kappa shape index (κ3) is 13.1. The van der Waals surface area contributed by atoms with Crippen molar-refractivity contribution in [3.8, 4) is 24.3 Å². The molecule has 12 heteroatoms. The van der Waals surface area contributed by atoms with Gasteiger partial charge in [0.15, 0.2) is 22.3 Å². The molecule has 1 fully saturated rings. The first kappa shape index (κ1) is 68.1. The predicted molar refractivity (Wildman–Crippen MR) is 426 cm³/mol. The third-order valence-electron chi connectivity index (χ3n) is 20.2. The number of nitriles is 4. The molecule has 104 heavy (non-hydrogen) atoms. The summed E-state index contributed by atoms with van der Waals surface area (Å²) in [6.45, 7) is 11.0. The van der Waals surface area contributed by atoms with Gasteiger partial charge in [-0.3, -0.25) is 0 Å². The van der Waals surface area contributed by atoms with E-state index in [4.69, 9.17) is 38.7 Å². The summed E-state index contributed by atoms with van der Waals surface area (Å²) < 4.78 is 25.4. The predicted octanol–water partition coefficient (Wildman–Crippen LogP) is 25.0. The SMILES string of the molecule is CC(C)c1cccc2c1oc1c(N(C)c3ccc(C#N)cc3)cccc12.CN(c1ccc(C#N)cc1)c1cccc2c1oc1c(C(C)(C)C)cccc12.CN(c1ccc(C#N)cc1)c1cccc2c1oc1c(C3CCCC3)cccc12.CN(c1ccc(C#N)cc1)c1cccc2c1oc1ccccc12. The zero-order chi connectivity index (χ0) is 72.3. The number of nitrogens with zero attached hydrogens (tertiary/aromatic N) is 8. The van der Waals surface area contributed by atoms with E-state index in [1.165, 1.54) is 47.8 Å². The summed E-state index contributed by atoms with van der Waals surface area (Å²) in [6.07, 6.45) is 5.14. The number of fused-ring (bicyclic) bond motifs is 12. The van der Waals surface area contributed by atoms with Gasteiger partial charge in [0.05, 0.1) is 69.3 Å². The van der Waals surface area contributed by atoms with Crippen LogP contribution in [0.1, 0.15) is 111 Å². The van der Waals surface area contributed by atoms with Crippen molar-refractivity contribution in [3.05, 3.63) is 288 Å². The van der Waals surface area contributed by atoms with Crippen LogP contribution in [0.3, 0.4) is 0 Å². The van der Waals surface area contributed by atoms with E-state index >= 15 is 0 Å². The zero-order valence-corrected chi connectivity index (χ0v) is 59.9. The Labute approximate surface area is 605 Å². The number of furan rings is 4. The van der Waals surface area contributed by atoms with Gasteiger partial charge in [0.1, 0.15) is 22.3 Å². The van der Waals surface area contributed by atoms with Gasteiger partial charge in [0.25, 0.3) is 0 Å². The highest BCUT2D eigenvalue weighted by Gasteiger charge is 2.26. The zero-order valence-electron chi connectivity index (χ0n) is 59.9. The molecule has 0 radical (unpaired) electrons. The Bertz CT molecular complexity index is 6020. The Balaban J connectivity index is 0.000000117. The first-order chi connectivity index (χ1) is 50.5. The van der Waals surface area contributed by atoms with Gasteiger partial charge in [-0.2, -0.15) is 21.0 Å². The van der Waals surface area contributed by atoms with Gasteiger partial charge in [-0.1, -0.05) is 169 Å². The number of anilines is 8. The lowest BCUT2D eigenvalue weighted by atomic mass is 9.86. The molecule has 0 saturated heterocycles. The minimum atomic E-state index is 0.00652. The highest BCUT2D eigenvalue weighted by atomic mass is 16.3. The van der Waals surface area contributed by atoms with E-state index in [1.54, 1.807) is 0 Å². The molecule has 1 aliphatic carbocycles. The molecule has 4 heterocycles. The summed E-state index contributed by atoms with van der Waals surface area (Å²) in [5.41, 5.74) is 22.0. The highest BCUT2D eigenvalue weighted by Crippen LogP contribution is 2.46. The van der Waals surface area contributed by atoms with Crippen LogP contribution in [0.4, 0.5) is 45.5 Å². The Morgan fingerprint density at radius 1 is 0.327 bits per heavy atom. The number of para-hydroxylation sites is 8. The second-order valence-electron chi connectivity index (χ2n) is 27.9. The lowest BCUT2D eigenvalue weighted by molar-refractivity contribution is 0.573. The van der Waals surface area contributed by atoms with Crippen molar-refractivity contribution in [3.63, 3.8) is 0 Å². The van der Waals surface area contributed by atoms with Crippen LogP contribution in [0.25, 0.3) is 87.8 Å². The van der Waals surface area contributed by atoms with Crippen LogP contribution >= 0.6 is 0 Å². The van der Waals surface area contributed by atoms with E-state index in [9.17, 15) is 0 Å². The smallest absolute Gasteiger partial charge is 0.159 e. The molecular formula is C92H78N8O4. The highest BCUT2D eigenvalue weighted by molar-refractivity contribution is 6.13. The lowest BCUT2D eigenvalue weighted by Crippen LogP contribution is -2.11. The van der Waals surface area contributed by atoms with Gasteiger partial charge in [0, 0.05) is 99.6 Å². The topological polar surface area (TPSA) is 161 Å². The fourth-order valence-electron chi connectivity index (χ4n) is 14.4. The van der Waals surface area contributed by atoms with Gasteiger partial charge in [0.2, 0.25) is 0 Å². The fraction of sp³-hybridized carbons (Fsp3) is 0.174. The second kappa shape index (κ2) is 28.9. The van der Waals surface area contributed by atoms with Gasteiger partial charge in [-0.15, -0.1) is 0 Å². The van der Waals surface area contributed by atoms with Gasteiger partial charge >= 0.3 is 0 Å². The van der Waals surface area contributed by atoms with Crippen LogP contribution in [0.2, 0.25) is 0 Å². The first-order valence-electron chi connectivity index (χ1n) is 35.2. The summed E-state index contributed by atoms with van der Waals surface area (Å²) in [7, 11) is 8.09. The lowest BCUT2D eigenvalue weighted by Gasteiger charge is -2.20. The fourth-order valence-corrected chi connectivity index (χ4v) is 14.4. The molecule has 12 aromatic carbocycles. The van der Waals surface area contributed by atoms with E-state index in [1.807, 2.05) is 156 Å². The minimum Gasteiger partial charge on any atom is -0.454 e. The summed E-state index contributed by atoms with van der Waals surface area (Å²) in [6, 6.07) is 91.4. The van der Waals surface area contributed by atoms with Crippen LogP contribution in [0.15, 0.2) is 266 Å². The summed E-state index contributed by atoms with van der Waals surface area (Å²) in [5.74, 6) is 1.02. The van der Waals surface area contributed by atoms with E-state index in [-0.39, 0.29) is 5.41 Å². The molecule has 16 aromatic rings. The molecular weight excluding hydrogens is 1280 g/mol. The summed E-state index contributed by atoms with van der Waals surface area (Å²) in [5, 5.41) is 45.1. The molecule has 0 amide bonds. The molecule has 1 saturated carbocycles. The molecule has 0 N–H and O–H groups in total. The number of benzene rings is 12. The van der Waals surface area contributed by atoms with Crippen molar-refractivity contribution in [2.24, 2.45) is 0 Å². The minimum absolute atomic E-state index is 0.00652. The molecule has 0 aliphatic heterocycles. The molecule has 0 unspecified atom stereocenters. The van der Waals surface area contributed by atoms with Crippen LogP contribution in [-0.2, 0) is 5.41 Å². The largest absolute Gasteiger partial charge is 0.454 e. The van der Waals surface area contributed by atoms with Crippen molar-refractivity contribution in [1.82, 2.24) is 0 Å². The van der Waals surface area contributed by atoms with Crippen LogP contribution < -0.4 is 19.6 Å². The molecule has 510 valence electrons. The second-order valence-corrected chi connectivity index (χ2v) is 27.9. The first-order valence-corrected chi connectivity index (χ1v) is 35.2.